The molecule has 1 aromatic carbocycles. The van der Waals surface area contributed by atoms with Gasteiger partial charge in [0, 0.05) is 57.6 Å². The minimum Gasteiger partial charge on any atom is -0.483 e. The first-order valence-electron chi connectivity index (χ1n) is 10.8. The van der Waals surface area contributed by atoms with Gasteiger partial charge in [-0.3, -0.25) is 14.4 Å². The monoisotopic (exact) mass is 460 g/mol. The first kappa shape index (κ1) is 24.4. The van der Waals surface area contributed by atoms with Crippen molar-refractivity contribution in [2.45, 2.75) is 31.8 Å². The standard InChI is InChI=1S/C22H27FN4O3.CH2O2/c1-15-12-19(25-18-13-16(23)4-5-17(15)18)26-10-6-22(30-2,7-11-26)21(29)27-9-3-8-24-20(28)14-27;2-1-3/h4-5,12-13H,3,6-11,14H2,1-2H3,(H,24,28);1H,(H,2,3). The number of hydrogen-bond acceptors (Lipinski definition) is 6. The lowest BCUT2D eigenvalue weighted by Crippen LogP contribution is -2.57. The molecule has 0 atom stereocenters. The Morgan fingerprint density at radius 2 is 1.97 bits per heavy atom. The Kier molecular flexibility index (Phi) is 7.80. The maximum absolute atomic E-state index is 13.7. The van der Waals surface area contributed by atoms with Gasteiger partial charge in [-0.25, -0.2) is 9.37 Å². The van der Waals surface area contributed by atoms with Crippen LogP contribution in [0.2, 0.25) is 0 Å². The zero-order chi connectivity index (χ0) is 24.0. The molecule has 10 heteroatoms. The highest BCUT2D eigenvalue weighted by Gasteiger charge is 2.44. The van der Waals surface area contributed by atoms with Crippen LogP contribution in [0, 0.1) is 12.7 Å². The summed E-state index contributed by atoms with van der Waals surface area (Å²) in [5.41, 5.74) is 0.726. The number of anilines is 1. The van der Waals surface area contributed by atoms with Gasteiger partial charge >= 0.3 is 0 Å². The summed E-state index contributed by atoms with van der Waals surface area (Å²) in [6.07, 6.45) is 1.74. The van der Waals surface area contributed by atoms with Crippen LogP contribution in [-0.4, -0.2) is 78.7 Å². The highest BCUT2D eigenvalue weighted by atomic mass is 19.1. The van der Waals surface area contributed by atoms with Crippen LogP contribution in [0.1, 0.15) is 24.8 Å². The predicted octanol–water partition coefficient (Wildman–Crippen LogP) is 1.72. The Balaban J connectivity index is 0.000000968. The number of nitrogens with one attached hydrogen (secondary N) is 1. The lowest BCUT2D eigenvalue weighted by atomic mass is 9.89. The number of piperidine rings is 1. The number of rotatable bonds is 3. The van der Waals surface area contributed by atoms with Gasteiger partial charge in [-0.15, -0.1) is 0 Å². The summed E-state index contributed by atoms with van der Waals surface area (Å²) in [5, 5.41) is 10.6. The van der Waals surface area contributed by atoms with Gasteiger partial charge in [0.2, 0.25) is 5.91 Å². The van der Waals surface area contributed by atoms with E-state index in [2.05, 4.69) is 15.2 Å². The number of halogens is 1. The van der Waals surface area contributed by atoms with E-state index in [4.69, 9.17) is 14.6 Å². The fraction of sp³-hybridized carbons (Fsp3) is 0.478. The Morgan fingerprint density at radius 3 is 2.64 bits per heavy atom. The minimum atomic E-state index is -0.931. The van der Waals surface area contributed by atoms with Crippen molar-refractivity contribution in [2.24, 2.45) is 0 Å². The SMILES string of the molecule is COC1(C(=O)N2CCCNC(=O)C2)CCN(c2cc(C)c3ccc(F)cc3n2)CC1.O=CO. The third kappa shape index (κ3) is 5.39. The molecule has 2 aliphatic heterocycles. The predicted molar refractivity (Wildman–Crippen MR) is 121 cm³/mol. The molecule has 2 N–H and O–H groups in total. The van der Waals surface area contributed by atoms with Crippen molar-refractivity contribution in [1.29, 1.82) is 0 Å². The number of carbonyl (C=O) groups is 3. The molecule has 0 unspecified atom stereocenters. The topological polar surface area (TPSA) is 112 Å². The zero-order valence-corrected chi connectivity index (χ0v) is 18.8. The van der Waals surface area contributed by atoms with Crippen molar-refractivity contribution in [3.05, 3.63) is 35.6 Å². The average Bonchev–Trinajstić information content (AvgIpc) is 3.03. The summed E-state index contributed by atoms with van der Waals surface area (Å²) in [6, 6.07) is 6.64. The molecule has 0 aliphatic carbocycles. The summed E-state index contributed by atoms with van der Waals surface area (Å²) in [6.45, 7) is 4.13. The van der Waals surface area contributed by atoms with Gasteiger partial charge in [-0.1, -0.05) is 0 Å². The van der Waals surface area contributed by atoms with Gasteiger partial charge in [-0.05, 0) is 37.1 Å². The third-order valence-corrected chi connectivity index (χ3v) is 6.19. The smallest absolute Gasteiger partial charge is 0.290 e. The molecule has 2 amide bonds. The minimum absolute atomic E-state index is 0.0741. The van der Waals surface area contributed by atoms with Crippen molar-refractivity contribution in [1.82, 2.24) is 15.2 Å². The number of pyridine rings is 1. The molecule has 4 rings (SSSR count). The molecule has 0 bridgehead atoms. The molecule has 3 heterocycles. The number of carbonyl (C=O) groups excluding carboxylic acids is 2. The van der Waals surface area contributed by atoms with Gasteiger partial charge in [0.25, 0.3) is 12.4 Å². The van der Waals surface area contributed by atoms with Crippen molar-refractivity contribution >= 4 is 35.0 Å². The van der Waals surface area contributed by atoms with Gasteiger partial charge in [0.15, 0.2) is 0 Å². The molecule has 2 aromatic rings. The molecule has 0 saturated carbocycles. The maximum Gasteiger partial charge on any atom is 0.290 e. The summed E-state index contributed by atoms with van der Waals surface area (Å²) in [4.78, 5) is 41.9. The number of nitrogens with zero attached hydrogens (tertiary/aromatic N) is 3. The summed E-state index contributed by atoms with van der Waals surface area (Å²) >= 11 is 0. The van der Waals surface area contributed by atoms with E-state index >= 15 is 0 Å². The number of ether oxygens (including phenoxy) is 1. The molecular weight excluding hydrogens is 431 g/mol. The van der Waals surface area contributed by atoms with E-state index in [1.807, 2.05) is 13.0 Å². The fourth-order valence-electron chi connectivity index (χ4n) is 4.39. The Hall–Kier alpha value is -3.27. The van der Waals surface area contributed by atoms with Gasteiger partial charge in [-0.2, -0.15) is 0 Å². The van der Waals surface area contributed by atoms with Crippen LogP contribution in [0.15, 0.2) is 24.3 Å². The van der Waals surface area contributed by atoms with Crippen LogP contribution >= 0.6 is 0 Å². The van der Waals surface area contributed by atoms with Gasteiger partial charge in [0.1, 0.15) is 17.2 Å². The van der Waals surface area contributed by atoms with E-state index in [-0.39, 0.29) is 30.6 Å². The second-order valence-electron chi connectivity index (χ2n) is 8.18. The van der Waals surface area contributed by atoms with Crippen LogP contribution in [-0.2, 0) is 19.1 Å². The largest absolute Gasteiger partial charge is 0.483 e. The van der Waals surface area contributed by atoms with Crippen LogP contribution in [0.4, 0.5) is 10.2 Å². The van der Waals surface area contributed by atoms with Gasteiger partial charge in [0.05, 0.1) is 12.1 Å². The highest BCUT2D eigenvalue weighted by molar-refractivity contribution is 5.90. The molecule has 1 aromatic heterocycles. The molecule has 178 valence electrons. The first-order valence-corrected chi connectivity index (χ1v) is 10.8. The summed E-state index contributed by atoms with van der Waals surface area (Å²) < 4.78 is 19.4. The van der Waals surface area contributed by atoms with E-state index in [9.17, 15) is 14.0 Å². The molecule has 0 spiro atoms. The van der Waals surface area contributed by atoms with E-state index in [1.54, 1.807) is 18.1 Å². The number of hydrogen-bond donors (Lipinski definition) is 2. The molecule has 9 nitrogen and oxygen atoms in total. The van der Waals surface area contributed by atoms with Crippen molar-refractivity contribution in [3.8, 4) is 0 Å². The van der Waals surface area contributed by atoms with Crippen LogP contribution < -0.4 is 10.2 Å². The van der Waals surface area contributed by atoms with Crippen molar-refractivity contribution in [2.75, 3.05) is 44.7 Å². The number of amides is 2. The maximum atomic E-state index is 13.7. The quantitative estimate of drug-likeness (QED) is 0.671. The van der Waals surface area contributed by atoms with E-state index in [0.29, 0.717) is 44.5 Å². The zero-order valence-electron chi connectivity index (χ0n) is 18.8. The first-order chi connectivity index (χ1) is 15.8. The lowest BCUT2D eigenvalue weighted by Gasteiger charge is -2.42. The molecule has 2 saturated heterocycles. The van der Waals surface area contributed by atoms with E-state index < -0.39 is 5.60 Å². The Labute approximate surface area is 191 Å². The van der Waals surface area contributed by atoms with E-state index in [0.717, 1.165) is 23.2 Å². The third-order valence-electron chi connectivity index (χ3n) is 6.19. The van der Waals surface area contributed by atoms with Crippen molar-refractivity contribution in [3.63, 3.8) is 0 Å². The molecular formula is C23H29FN4O5. The Morgan fingerprint density at radius 1 is 1.27 bits per heavy atom. The number of aromatic nitrogens is 1. The van der Waals surface area contributed by atoms with Crippen LogP contribution in [0.3, 0.4) is 0 Å². The number of benzene rings is 1. The lowest BCUT2D eigenvalue weighted by molar-refractivity contribution is -0.158. The van der Waals surface area contributed by atoms with Crippen molar-refractivity contribution < 1.29 is 28.6 Å². The number of carboxylic acid groups (broad SMARTS) is 1. The van der Waals surface area contributed by atoms with Crippen LogP contribution in [0.5, 0.6) is 0 Å². The van der Waals surface area contributed by atoms with Gasteiger partial charge < -0.3 is 25.0 Å². The second-order valence-corrected chi connectivity index (χ2v) is 8.18. The number of fused-ring (bicyclic) bond motifs is 1. The highest BCUT2D eigenvalue weighted by Crippen LogP contribution is 2.32. The molecule has 33 heavy (non-hydrogen) atoms. The summed E-state index contributed by atoms with van der Waals surface area (Å²) in [5.74, 6) is 0.214. The molecule has 0 radical (unpaired) electrons. The average molecular weight is 461 g/mol. The summed E-state index contributed by atoms with van der Waals surface area (Å²) in [7, 11) is 1.56. The normalized spacial score (nSPS) is 18.1. The Bertz CT molecular complexity index is 1020. The number of methoxy groups -OCH3 is 1. The fourth-order valence-corrected chi connectivity index (χ4v) is 4.39. The van der Waals surface area contributed by atoms with E-state index in [1.165, 1.54) is 12.1 Å². The number of aryl methyl sites for hydroxylation is 1. The van der Waals surface area contributed by atoms with Crippen LogP contribution in [0.25, 0.3) is 10.9 Å². The second kappa shape index (κ2) is 10.6. The molecule has 2 aliphatic rings. The molecule has 2 fully saturated rings.